The molecular weight excluding hydrogens is 250 g/mol. The van der Waals surface area contributed by atoms with E-state index in [9.17, 15) is 0 Å². The van der Waals surface area contributed by atoms with Crippen molar-refractivity contribution in [2.75, 3.05) is 20.8 Å². The van der Waals surface area contributed by atoms with Crippen molar-refractivity contribution in [3.8, 4) is 5.75 Å². The van der Waals surface area contributed by atoms with Crippen LogP contribution in [-0.2, 0) is 11.2 Å². The molecule has 1 N–H and O–H groups in total. The summed E-state index contributed by atoms with van der Waals surface area (Å²) in [7, 11) is 3.78. The first-order valence-corrected chi connectivity index (χ1v) is 7.75. The minimum atomic E-state index is 0.298. The van der Waals surface area contributed by atoms with Crippen molar-refractivity contribution < 1.29 is 9.47 Å². The molecule has 3 nitrogen and oxygen atoms in total. The second-order valence-electron chi connectivity index (χ2n) is 5.58. The third-order valence-electron chi connectivity index (χ3n) is 4.13. The average molecular weight is 277 g/mol. The molecule has 1 fully saturated rings. The van der Waals surface area contributed by atoms with E-state index in [-0.39, 0.29) is 0 Å². The molecule has 0 bridgehead atoms. The Labute approximate surface area is 122 Å². The fourth-order valence-corrected chi connectivity index (χ4v) is 2.87. The summed E-state index contributed by atoms with van der Waals surface area (Å²) in [6.07, 6.45) is 7.53. The SMILES string of the molecule is CNC1CCCCCC1Oc1ccc(CCOC)cc1. The van der Waals surface area contributed by atoms with Gasteiger partial charge in [0.1, 0.15) is 11.9 Å². The van der Waals surface area contributed by atoms with Crippen LogP contribution in [0.4, 0.5) is 0 Å². The lowest BCUT2D eigenvalue weighted by atomic mass is 10.1. The molecule has 0 radical (unpaired) electrons. The molecule has 2 unspecified atom stereocenters. The maximum absolute atomic E-state index is 6.20. The van der Waals surface area contributed by atoms with E-state index >= 15 is 0 Å². The molecule has 20 heavy (non-hydrogen) atoms. The van der Waals surface area contributed by atoms with Gasteiger partial charge in [0.2, 0.25) is 0 Å². The molecule has 1 aliphatic rings. The molecule has 1 aromatic carbocycles. The summed E-state index contributed by atoms with van der Waals surface area (Å²) in [6, 6.07) is 8.93. The van der Waals surface area contributed by atoms with E-state index in [1.165, 1.54) is 31.2 Å². The molecule has 0 heterocycles. The summed E-state index contributed by atoms with van der Waals surface area (Å²) in [6.45, 7) is 0.769. The number of rotatable bonds is 6. The highest BCUT2D eigenvalue weighted by Gasteiger charge is 2.23. The molecule has 0 aliphatic heterocycles. The highest BCUT2D eigenvalue weighted by atomic mass is 16.5. The molecule has 3 heteroatoms. The van der Waals surface area contributed by atoms with Crippen molar-refractivity contribution >= 4 is 0 Å². The van der Waals surface area contributed by atoms with Crippen LogP contribution >= 0.6 is 0 Å². The minimum absolute atomic E-state index is 0.298. The molecule has 2 rings (SSSR count). The van der Waals surface area contributed by atoms with Crippen molar-refractivity contribution in [3.05, 3.63) is 29.8 Å². The number of hydrogen-bond donors (Lipinski definition) is 1. The minimum Gasteiger partial charge on any atom is -0.489 e. The number of hydrogen-bond acceptors (Lipinski definition) is 3. The van der Waals surface area contributed by atoms with Gasteiger partial charge in [-0.05, 0) is 50.4 Å². The van der Waals surface area contributed by atoms with Crippen LogP contribution in [0.5, 0.6) is 5.75 Å². The normalized spacial score (nSPS) is 23.3. The van der Waals surface area contributed by atoms with Gasteiger partial charge in [0.05, 0.1) is 6.61 Å². The van der Waals surface area contributed by atoms with Gasteiger partial charge in [0, 0.05) is 13.2 Å². The standard InChI is InChI=1S/C17H27NO2/c1-18-16-6-4-3-5-7-17(16)20-15-10-8-14(9-11-15)12-13-19-2/h8-11,16-18H,3-7,12-13H2,1-2H3. The molecule has 0 saturated heterocycles. The lowest BCUT2D eigenvalue weighted by Crippen LogP contribution is -2.40. The largest absolute Gasteiger partial charge is 0.489 e. The van der Waals surface area contributed by atoms with Gasteiger partial charge in [0.15, 0.2) is 0 Å². The van der Waals surface area contributed by atoms with Gasteiger partial charge in [-0.1, -0.05) is 25.0 Å². The first-order chi connectivity index (χ1) is 9.83. The monoisotopic (exact) mass is 277 g/mol. The first kappa shape index (κ1) is 15.3. The zero-order valence-electron chi connectivity index (χ0n) is 12.7. The van der Waals surface area contributed by atoms with Gasteiger partial charge in [-0.2, -0.15) is 0 Å². The highest BCUT2D eigenvalue weighted by molar-refractivity contribution is 5.27. The molecule has 1 aliphatic carbocycles. The molecule has 2 atom stereocenters. The van der Waals surface area contributed by atoms with Crippen LogP contribution in [0.25, 0.3) is 0 Å². The Balaban J connectivity index is 1.93. The summed E-state index contributed by atoms with van der Waals surface area (Å²) >= 11 is 0. The van der Waals surface area contributed by atoms with Gasteiger partial charge >= 0.3 is 0 Å². The van der Waals surface area contributed by atoms with Crippen LogP contribution < -0.4 is 10.1 Å². The van der Waals surface area contributed by atoms with Crippen LogP contribution in [0.3, 0.4) is 0 Å². The van der Waals surface area contributed by atoms with Crippen molar-refractivity contribution in [2.45, 2.75) is 50.7 Å². The summed E-state index contributed by atoms with van der Waals surface area (Å²) < 4.78 is 11.3. The van der Waals surface area contributed by atoms with E-state index < -0.39 is 0 Å². The van der Waals surface area contributed by atoms with E-state index in [1.807, 2.05) is 7.05 Å². The Bertz CT molecular complexity index is 377. The summed E-state index contributed by atoms with van der Waals surface area (Å²) in [5.74, 6) is 0.985. The smallest absolute Gasteiger partial charge is 0.119 e. The third kappa shape index (κ3) is 4.50. The van der Waals surface area contributed by atoms with Crippen molar-refractivity contribution in [1.82, 2.24) is 5.32 Å². The Morgan fingerprint density at radius 1 is 1.10 bits per heavy atom. The maximum atomic E-state index is 6.20. The summed E-state index contributed by atoms with van der Waals surface area (Å²) in [5.41, 5.74) is 1.30. The lowest BCUT2D eigenvalue weighted by Gasteiger charge is -2.25. The number of likely N-dealkylation sites (N-methyl/N-ethyl adjacent to an activating group) is 1. The quantitative estimate of drug-likeness (QED) is 0.810. The predicted molar refractivity (Wildman–Crippen MR) is 82.4 cm³/mol. The Kier molecular flexibility index (Phi) is 6.34. The van der Waals surface area contributed by atoms with Crippen molar-refractivity contribution in [1.29, 1.82) is 0 Å². The predicted octanol–water partition coefficient (Wildman–Crippen LogP) is 3.18. The van der Waals surface area contributed by atoms with Crippen molar-refractivity contribution in [3.63, 3.8) is 0 Å². The van der Waals surface area contributed by atoms with Crippen LogP contribution in [0, 0.1) is 0 Å². The summed E-state index contributed by atoms with van der Waals surface area (Å²) in [4.78, 5) is 0. The number of nitrogens with one attached hydrogen (secondary N) is 1. The Morgan fingerprint density at radius 3 is 2.55 bits per heavy atom. The molecule has 0 aromatic heterocycles. The Morgan fingerprint density at radius 2 is 1.85 bits per heavy atom. The molecule has 1 aromatic rings. The van der Waals surface area contributed by atoms with Gasteiger partial charge in [-0.25, -0.2) is 0 Å². The maximum Gasteiger partial charge on any atom is 0.119 e. The van der Waals surface area contributed by atoms with Crippen LogP contribution in [-0.4, -0.2) is 32.9 Å². The zero-order valence-corrected chi connectivity index (χ0v) is 12.7. The van der Waals surface area contributed by atoms with Gasteiger partial charge in [-0.3, -0.25) is 0 Å². The fourth-order valence-electron chi connectivity index (χ4n) is 2.87. The van der Waals surface area contributed by atoms with Crippen LogP contribution in [0.2, 0.25) is 0 Å². The second-order valence-corrected chi connectivity index (χ2v) is 5.58. The molecular formula is C17H27NO2. The second kappa shape index (κ2) is 8.28. The first-order valence-electron chi connectivity index (χ1n) is 7.75. The Hall–Kier alpha value is -1.06. The van der Waals surface area contributed by atoms with E-state index in [1.54, 1.807) is 7.11 Å². The van der Waals surface area contributed by atoms with E-state index in [0.29, 0.717) is 12.1 Å². The summed E-state index contributed by atoms with van der Waals surface area (Å²) in [5, 5.41) is 3.41. The molecule has 112 valence electrons. The zero-order chi connectivity index (χ0) is 14.2. The van der Waals surface area contributed by atoms with Crippen molar-refractivity contribution in [2.24, 2.45) is 0 Å². The van der Waals surface area contributed by atoms with E-state index in [0.717, 1.165) is 25.2 Å². The fraction of sp³-hybridized carbons (Fsp3) is 0.647. The van der Waals surface area contributed by atoms with Crippen LogP contribution in [0.15, 0.2) is 24.3 Å². The topological polar surface area (TPSA) is 30.5 Å². The number of benzene rings is 1. The average Bonchev–Trinajstić information content (AvgIpc) is 2.71. The lowest BCUT2D eigenvalue weighted by molar-refractivity contribution is 0.149. The van der Waals surface area contributed by atoms with E-state index in [2.05, 4.69) is 29.6 Å². The van der Waals surface area contributed by atoms with Gasteiger partial charge in [0.25, 0.3) is 0 Å². The number of methoxy groups -OCH3 is 1. The molecule has 1 saturated carbocycles. The molecule has 0 amide bonds. The number of ether oxygens (including phenoxy) is 2. The highest BCUT2D eigenvalue weighted by Crippen LogP contribution is 2.23. The van der Waals surface area contributed by atoms with Crippen LogP contribution in [0.1, 0.15) is 37.7 Å². The van der Waals surface area contributed by atoms with Gasteiger partial charge < -0.3 is 14.8 Å². The third-order valence-corrected chi connectivity index (χ3v) is 4.13. The van der Waals surface area contributed by atoms with Gasteiger partial charge in [-0.15, -0.1) is 0 Å². The molecule has 0 spiro atoms. The van der Waals surface area contributed by atoms with E-state index in [4.69, 9.17) is 9.47 Å².